The number of carbonyl (C=O) groups excluding carboxylic acids is 3. The third-order valence-corrected chi connectivity index (χ3v) is 6.63. The molecule has 190 valence electrons. The molecule has 0 spiro atoms. The number of rotatable bonds is 5. The lowest BCUT2D eigenvalue weighted by Gasteiger charge is -2.24. The maximum atomic E-state index is 13.7. The van der Waals surface area contributed by atoms with E-state index in [2.05, 4.69) is 4.99 Å². The average molecular weight is 541 g/mol. The predicted octanol–water partition coefficient (Wildman–Crippen LogP) is 2.91. The Kier molecular flexibility index (Phi) is 7.42. The lowest BCUT2D eigenvalue weighted by Crippen LogP contribution is -2.39. The molecule has 1 aromatic heterocycles. The molecule has 37 heavy (non-hydrogen) atoms. The van der Waals surface area contributed by atoms with E-state index in [4.69, 9.17) is 25.8 Å². The third-order valence-electron chi connectivity index (χ3n) is 5.40. The Hall–Kier alpha value is -4.02. The first-order valence-corrected chi connectivity index (χ1v) is 12.2. The van der Waals surface area contributed by atoms with Crippen molar-refractivity contribution in [3.05, 3.63) is 89.6 Å². The molecular weight excluding hydrogens is 520 g/mol. The zero-order chi connectivity index (χ0) is 26.9. The van der Waals surface area contributed by atoms with Gasteiger partial charge in [-0.25, -0.2) is 9.79 Å². The molecule has 0 N–H and O–H groups in total. The van der Waals surface area contributed by atoms with Gasteiger partial charge in [0.25, 0.3) is 5.56 Å². The molecule has 3 aromatic rings. The van der Waals surface area contributed by atoms with Gasteiger partial charge in [-0.05, 0) is 42.8 Å². The molecule has 1 atom stereocenters. The van der Waals surface area contributed by atoms with Crippen LogP contribution < -0.4 is 24.4 Å². The number of nitrogens with zero attached hydrogens (tertiary/aromatic N) is 2. The summed E-state index contributed by atoms with van der Waals surface area (Å²) >= 11 is 7.18. The molecule has 2 heterocycles. The second-order valence-electron chi connectivity index (χ2n) is 8.01. The highest BCUT2D eigenvalue weighted by Crippen LogP contribution is 2.31. The van der Waals surface area contributed by atoms with Gasteiger partial charge in [0, 0.05) is 30.5 Å². The maximum Gasteiger partial charge on any atom is 0.338 e. The first-order valence-electron chi connectivity index (χ1n) is 11.0. The lowest BCUT2D eigenvalue weighted by molar-refractivity contribution is -0.137. The quantitative estimate of drug-likeness (QED) is 0.361. The normalized spacial score (nSPS) is 15.1. The van der Waals surface area contributed by atoms with Crippen molar-refractivity contribution in [1.29, 1.82) is 0 Å². The van der Waals surface area contributed by atoms with Crippen molar-refractivity contribution in [3.8, 4) is 11.5 Å². The third kappa shape index (κ3) is 5.40. The molecule has 0 radical (unpaired) electrons. The van der Waals surface area contributed by atoms with Crippen LogP contribution in [-0.4, -0.2) is 29.6 Å². The largest absolute Gasteiger partial charge is 0.466 e. The first-order chi connectivity index (χ1) is 17.6. The van der Waals surface area contributed by atoms with Crippen molar-refractivity contribution >= 4 is 46.9 Å². The minimum absolute atomic E-state index is 0.109. The second-order valence-corrected chi connectivity index (χ2v) is 9.46. The minimum atomic E-state index is -0.789. The summed E-state index contributed by atoms with van der Waals surface area (Å²) in [5.41, 5.74) is 1.30. The Balaban J connectivity index is 1.93. The predicted molar refractivity (Wildman–Crippen MR) is 136 cm³/mol. The number of benzene rings is 2. The first kappa shape index (κ1) is 26.1. The summed E-state index contributed by atoms with van der Waals surface area (Å²) in [6, 6.07) is 10.5. The van der Waals surface area contributed by atoms with E-state index < -0.39 is 29.5 Å². The van der Waals surface area contributed by atoms with Crippen molar-refractivity contribution < 1.29 is 28.6 Å². The zero-order valence-electron chi connectivity index (χ0n) is 20.2. The molecule has 0 saturated heterocycles. The van der Waals surface area contributed by atoms with E-state index in [9.17, 15) is 19.2 Å². The summed E-state index contributed by atoms with van der Waals surface area (Å²) in [7, 11) is 1.27. The maximum absolute atomic E-state index is 13.7. The SMILES string of the molecule is COC(=O)C1=C(C)N=c2s/c(=C/c3ccc(OC(C)=O)cc3OC(C)=O)c(=O)n2[C@@H]1c1ccc(Cl)cc1. The molecule has 0 unspecified atom stereocenters. The van der Waals surface area contributed by atoms with Gasteiger partial charge in [0.15, 0.2) is 4.80 Å². The topological polar surface area (TPSA) is 113 Å². The Bertz CT molecular complexity index is 1630. The van der Waals surface area contributed by atoms with E-state index in [1.165, 1.54) is 37.7 Å². The summed E-state index contributed by atoms with van der Waals surface area (Å²) in [5, 5.41) is 0.506. The smallest absolute Gasteiger partial charge is 0.338 e. The van der Waals surface area contributed by atoms with Gasteiger partial charge in [-0.3, -0.25) is 19.0 Å². The van der Waals surface area contributed by atoms with E-state index in [1.807, 2.05) is 0 Å². The van der Waals surface area contributed by atoms with Crippen LogP contribution in [-0.2, 0) is 19.1 Å². The van der Waals surface area contributed by atoms with Crippen molar-refractivity contribution in [2.45, 2.75) is 26.8 Å². The van der Waals surface area contributed by atoms with Crippen LogP contribution in [0.2, 0.25) is 5.02 Å². The van der Waals surface area contributed by atoms with Crippen LogP contribution in [0.3, 0.4) is 0 Å². The fourth-order valence-corrected chi connectivity index (χ4v) is 5.06. The number of ether oxygens (including phenoxy) is 3. The molecule has 1 aliphatic heterocycles. The highest BCUT2D eigenvalue weighted by atomic mass is 35.5. The summed E-state index contributed by atoms with van der Waals surface area (Å²) in [6.07, 6.45) is 1.55. The molecule has 11 heteroatoms. The van der Waals surface area contributed by atoms with Crippen LogP contribution in [0.5, 0.6) is 11.5 Å². The number of hydrogen-bond acceptors (Lipinski definition) is 9. The van der Waals surface area contributed by atoms with E-state index >= 15 is 0 Å². The standard InChI is InChI=1S/C26H21ClN2O7S/c1-13-22(25(33)34-4)23(16-5-8-18(27)9-6-16)29-24(32)21(37-26(29)28-13)11-17-7-10-19(35-14(2)30)12-20(17)36-15(3)31/h5-12,23H,1-4H3/b21-11+/t23-/m1/s1. The number of aromatic nitrogens is 1. The number of halogens is 1. The molecule has 0 fully saturated rings. The fourth-order valence-electron chi connectivity index (χ4n) is 3.90. The molecule has 0 bridgehead atoms. The average Bonchev–Trinajstić information content (AvgIpc) is 3.13. The number of fused-ring (bicyclic) bond motifs is 1. The Morgan fingerprint density at radius 2 is 1.73 bits per heavy atom. The molecule has 0 aliphatic carbocycles. The van der Waals surface area contributed by atoms with Crippen LogP contribution in [0.1, 0.15) is 37.9 Å². The summed E-state index contributed by atoms with van der Waals surface area (Å²) in [4.78, 5) is 54.3. The molecule has 0 amide bonds. The van der Waals surface area contributed by atoms with Gasteiger partial charge in [-0.2, -0.15) is 0 Å². The van der Waals surface area contributed by atoms with E-state index in [1.54, 1.807) is 43.3 Å². The van der Waals surface area contributed by atoms with Gasteiger partial charge >= 0.3 is 17.9 Å². The number of methoxy groups -OCH3 is 1. The fraction of sp³-hybridized carbons (Fsp3) is 0.192. The summed E-state index contributed by atoms with van der Waals surface area (Å²) < 4.78 is 17.1. The monoisotopic (exact) mass is 540 g/mol. The molecule has 0 saturated carbocycles. The van der Waals surface area contributed by atoms with Crippen LogP contribution in [0.15, 0.2) is 63.5 Å². The molecule has 1 aliphatic rings. The molecule has 9 nitrogen and oxygen atoms in total. The minimum Gasteiger partial charge on any atom is -0.466 e. The Morgan fingerprint density at radius 1 is 1.05 bits per heavy atom. The van der Waals surface area contributed by atoms with E-state index in [0.717, 1.165) is 11.3 Å². The van der Waals surface area contributed by atoms with Crippen molar-refractivity contribution in [1.82, 2.24) is 4.57 Å². The number of hydrogen-bond donors (Lipinski definition) is 0. The van der Waals surface area contributed by atoms with Gasteiger partial charge < -0.3 is 14.2 Å². The Labute approximate surface area is 219 Å². The van der Waals surface area contributed by atoms with E-state index in [0.29, 0.717) is 26.6 Å². The Morgan fingerprint density at radius 3 is 2.35 bits per heavy atom. The van der Waals surface area contributed by atoms with Gasteiger partial charge in [0.2, 0.25) is 0 Å². The van der Waals surface area contributed by atoms with Gasteiger partial charge in [0.1, 0.15) is 11.5 Å². The van der Waals surface area contributed by atoms with Crippen molar-refractivity contribution in [3.63, 3.8) is 0 Å². The van der Waals surface area contributed by atoms with Crippen molar-refractivity contribution in [2.75, 3.05) is 7.11 Å². The van der Waals surface area contributed by atoms with Gasteiger partial charge in [-0.1, -0.05) is 35.1 Å². The number of allylic oxidation sites excluding steroid dienone is 1. The highest BCUT2D eigenvalue weighted by molar-refractivity contribution is 7.07. The lowest BCUT2D eigenvalue weighted by atomic mass is 9.96. The summed E-state index contributed by atoms with van der Waals surface area (Å²) in [6.45, 7) is 4.17. The number of thiazole rings is 1. The van der Waals surface area contributed by atoms with Crippen LogP contribution in [0.4, 0.5) is 0 Å². The van der Waals surface area contributed by atoms with Crippen LogP contribution >= 0.6 is 22.9 Å². The van der Waals surface area contributed by atoms with Crippen molar-refractivity contribution in [2.24, 2.45) is 4.99 Å². The second kappa shape index (κ2) is 10.5. The molecule has 4 rings (SSSR count). The number of esters is 3. The van der Waals surface area contributed by atoms with Crippen LogP contribution in [0.25, 0.3) is 6.08 Å². The number of carbonyl (C=O) groups is 3. The summed E-state index contributed by atoms with van der Waals surface area (Å²) in [5.74, 6) is -1.43. The molecule has 2 aromatic carbocycles. The van der Waals surface area contributed by atoms with Crippen LogP contribution in [0, 0.1) is 0 Å². The highest BCUT2D eigenvalue weighted by Gasteiger charge is 2.33. The van der Waals surface area contributed by atoms with Gasteiger partial charge in [0.05, 0.1) is 29.0 Å². The van der Waals surface area contributed by atoms with Gasteiger partial charge in [-0.15, -0.1) is 0 Å². The zero-order valence-corrected chi connectivity index (χ0v) is 21.8. The molecular formula is C26H21ClN2O7S. The van der Waals surface area contributed by atoms with E-state index in [-0.39, 0.29) is 21.6 Å².